The number of ether oxygens (including phenoxy) is 1. The van der Waals surface area contributed by atoms with Gasteiger partial charge in [-0.05, 0) is 56.2 Å². The summed E-state index contributed by atoms with van der Waals surface area (Å²) in [6, 6.07) is 11.1. The number of benzene rings is 2. The lowest BCUT2D eigenvalue weighted by Gasteiger charge is -2.27. The van der Waals surface area contributed by atoms with Crippen LogP contribution in [-0.2, 0) is 0 Å². The van der Waals surface area contributed by atoms with Crippen LogP contribution in [0.4, 0.5) is 4.39 Å². The van der Waals surface area contributed by atoms with E-state index in [4.69, 9.17) is 9.15 Å². The van der Waals surface area contributed by atoms with E-state index in [1.807, 2.05) is 26.1 Å². The number of carbonyl (C=O) groups excluding carboxylic acids is 1. The number of hydrogen-bond donors (Lipinski definition) is 1. The smallest absolute Gasteiger partial charge is 0.337 e. The van der Waals surface area contributed by atoms with Crippen LogP contribution in [0.2, 0.25) is 0 Å². The Kier molecular flexibility index (Phi) is 5.24. The van der Waals surface area contributed by atoms with Gasteiger partial charge in [0.1, 0.15) is 17.1 Å². The van der Waals surface area contributed by atoms with Crippen molar-refractivity contribution in [3.63, 3.8) is 0 Å². The van der Waals surface area contributed by atoms with Crippen LogP contribution in [0.25, 0.3) is 27.4 Å². The van der Waals surface area contributed by atoms with Gasteiger partial charge >= 0.3 is 5.63 Å². The molecule has 168 valence electrons. The summed E-state index contributed by atoms with van der Waals surface area (Å²) in [4.78, 5) is 30.3. The summed E-state index contributed by atoms with van der Waals surface area (Å²) in [6.45, 7) is 4.74. The summed E-state index contributed by atoms with van der Waals surface area (Å²) in [5.74, 6) is 0.0730. The molecule has 2 aromatic carbocycles. The average molecular weight is 446 g/mol. The first kappa shape index (κ1) is 21.0. The Labute approximate surface area is 189 Å². The molecule has 1 amide bonds. The number of nitrogens with zero attached hydrogens (tertiary/aromatic N) is 1. The van der Waals surface area contributed by atoms with E-state index in [9.17, 15) is 14.0 Å². The first-order valence-corrected chi connectivity index (χ1v) is 10.9. The summed E-state index contributed by atoms with van der Waals surface area (Å²) in [5.41, 5.74) is 2.92. The molecule has 2 aromatic heterocycles. The van der Waals surface area contributed by atoms with Crippen molar-refractivity contribution < 1.29 is 18.3 Å². The first-order valence-electron chi connectivity index (χ1n) is 10.9. The van der Waals surface area contributed by atoms with Crippen molar-refractivity contribution in [1.82, 2.24) is 9.88 Å². The fourth-order valence-corrected chi connectivity index (χ4v) is 4.30. The summed E-state index contributed by atoms with van der Waals surface area (Å²) in [6.07, 6.45) is 4.52. The summed E-state index contributed by atoms with van der Waals surface area (Å²) >= 11 is 0. The number of aromatic amines is 1. The normalized spacial score (nSPS) is 14.2. The maximum Gasteiger partial charge on any atom is 0.337 e. The minimum atomic E-state index is -0.577. The largest absolute Gasteiger partial charge is 0.491 e. The Morgan fingerprint density at radius 3 is 2.73 bits per heavy atom. The molecule has 0 unspecified atom stereocenters. The predicted molar refractivity (Wildman–Crippen MR) is 125 cm³/mol. The van der Waals surface area contributed by atoms with E-state index in [-0.39, 0.29) is 17.8 Å². The molecule has 1 aliphatic rings. The molecule has 0 spiro atoms. The number of amides is 1. The summed E-state index contributed by atoms with van der Waals surface area (Å²) in [5, 5.41) is 1.53. The number of rotatable bonds is 4. The Morgan fingerprint density at radius 1 is 1.15 bits per heavy atom. The highest BCUT2D eigenvalue weighted by Gasteiger charge is 2.23. The zero-order valence-corrected chi connectivity index (χ0v) is 18.4. The lowest BCUT2D eigenvalue weighted by Crippen LogP contribution is -2.35. The van der Waals surface area contributed by atoms with Crippen LogP contribution >= 0.6 is 0 Å². The van der Waals surface area contributed by atoms with E-state index in [0.29, 0.717) is 41.8 Å². The van der Waals surface area contributed by atoms with Crippen LogP contribution in [0.1, 0.15) is 36.2 Å². The average Bonchev–Trinajstić information content (AvgIpc) is 3.20. The van der Waals surface area contributed by atoms with Gasteiger partial charge in [0, 0.05) is 53.3 Å². The Balaban J connectivity index is 1.42. The van der Waals surface area contributed by atoms with Crippen molar-refractivity contribution in [2.24, 2.45) is 0 Å². The number of fused-ring (bicyclic) bond motifs is 2. The lowest BCUT2D eigenvalue weighted by molar-refractivity contribution is 0.0774. The molecule has 5 rings (SSSR count). The van der Waals surface area contributed by atoms with E-state index < -0.39 is 5.63 Å². The van der Waals surface area contributed by atoms with Crippen LogP contribution in [0.15, 0.2) is 63.9 Å². The highest BCUT2D eigenvalue weighted by atomic mass is 19.1. The van der Waals surface area contributed by atoms with Crippen molar-refractivity contribution in [3.05, 3.63) is 82.1 Å². The number of halogens is 1. The highest BCUT2D eigenvalue weighted by Crippen LogP contribution is 2.31. The fraction of sp³-hybridized carbons (Fsp3) is 0.231. The van der Waals surface area contributed by atoms with Crippen molar-refractivity contribution in [2.75, 3.05) is 13.1 Å². The van der Waals surface area contributed by atoms with Gasteiger partial charge < -0.3 is 19.0 Å². The van der Waals surface area contributed by atoms with E-state index in [1.165, 1.54) is 18.2 Å². The van der Waals surface area contributed by atoms with Gasteiger partial charge in [0.25, 0.3) is 5.91 Å². The second kappa shape index (κ2) is 8.24. The number of aromatic nitrogens is 1. The SMILES string of the molecule is CC(C)Oc1ccc2c(C(=O)N3CC=C(c4c[nH]c5cc(F)ccc45)CC3)cc(=O)oc2c1. The zero-order chi connectivity index (χ0) is 23.1. The molecule has 7 heteroatoms. The van der Waals surface area contributed by atoms with Crippen molar-refractivity contribution in [3.8, 4) is 5.75 Å². The van der Waals surface area contributed by atoms with Crippen LogP contribution in [-0.4, -0.2) is 35.0 Å². The second-order valence-corrected chi connectivity index (χ2v) is 8.43. The van der Waals surface area contributed by atoms with Gasteiger partial charge in [-0.3, -0.25) is 4.79 Å². The third kappa shape index (κ3) is 4.02. The molecule has 0 radical (unpaired) electrons. The molecule has 0 bridgehead atoms. The van der Waals surface area contributed by atoms with E-state index in [0.717, 1.165) is 22.0 Å². The molecule has 1 aliphatic heterocycles. The van der Waals surface area contributed by atoms with E-state index in [2.05, 4.69) is 4.98 Å². The van der Waals surface area contributed by atoms with Crippen molar-refractivity contribution in [1.29, 1.82) is 0 Å². The van der Waals surface area contributed by atoms with Gasteiger partial charge in [0.2, 0.25) is 0 Å². The third-order valence-corrected chi connectivity index (χ3v) is 5.80. The quantitative estimate of drug-likeness (QED) is 0.441. The molecule has 0 fully saturated rings. The van der Waals surface area contributed by atoms with E-state index >= 15 is 0 Å². The lowest BCUT2D eigenvalue weighted by atomic mass is 9.98. The molecule has 0 atom stereocenters. The van der Waals surface area contributed by atoms with Gasteiger partial charge in [-0.1, -0.05) is 6.08 Å². The molecule has 6 nitrogen and oxygen atoms in total. The Morgan fingerprint density at radius 2 is 1.97 bits per heavy atom. The number of carbonyl (C=O) groups is 1. The second-order valence-electron chi connectivity index (χ2n) is 8.43. The van der Waals surface area contributed by atoms with Crippen molar-refractivity contribution in [2.45, 2.75) is 26.4 Å². The molecule has 33 heavy (non-hydrogen) atoms. The van der Waals surface area contributed by atoms with Gasteiger partial charge in [0.15, 0.2) is 0 Å². The predicted octanol–water partition coefficient (Wildman–Crippen LogP) is 5.13. The molecule has 4 aromatic rings. The topological polar surface area (TPSA) is 75.5 Å². The van der Waals surface area contributed by atoms with Crippen molar-refractivity contribution >= 4 is 33.4 Å². The first-order chi connectivity index (χ1) is 15.9. The van der Waals surface area contributed by atoms with Gasteiger partial charge in [0.05, 0.1) is 11.7 Å². The van der Waals surface area contributed by atoms with Crippen LogP contribution in [0.5, 0.6) is 5.75 Å². The summed E-state index contributed by atoms with van der Waals surface area (Å²) < 4.78 is 24.5. The molecule has 0 saturated carbocycles. The Hall–Kier alpha value is -3.87. The van der Waals surface area contributed by atoms with Crippen LogP contribution in [0.3, 0.4) is 0 Å². The van der Waals surface area contributed by atoms with E-state index in [1.54, 1.807) is 29.2 Å². The fourth-order valence-electron chi connectivity index (χ4n) is 4.30. The van der Waals surface area contributed by atoms with Crippen LogP contribution < -0.4 is 10.4 Å². The molecular weight excluding hydrogens is 423 g/mol. The monoisotopic (exact) mass is 446 g/mol. The Bertz CT molecular complexity index is 1460. The highest BCUT2D eigenvalue weighted by molar-refractivity contribution is 6.06. The molecule has 3 heterocycles. The maximum absolute atomic E-state index is 13.5. The number of hydrogen-bond acceptors (Lipinski definition) is 4. The zero-order valence-electron chi connectivity index (χ0n) is 18.4. The van der Waals surface area contributed by atoms with Gasteiger partial charge in [-0.15, -0.1) is 0 Å². The van der Waals surface area contributed by atoms with Crippen LogP contribution in [0, 0.1) is 5.82 Å². The molecule has 0 saturated heterocycles. The summed E-state index contributed by atoms with van der Waals surface area (Å²) in [7, 11) is 0. The molecule has 1 N–H and O–H groups in total. The maximum atomic E-state index is 13.5. The molecular formula is C26H23FN2O4. The number of H-pyrrole nitrogens is 1. The molecule has 0 aliphatic carbocycles. The third-order valence-electron chi connectivity index (χ3n) is 5.80. The minimum Gasteiger partial charge on any atom is -0.491 e. The minimum absolute atomic E-state index is 0.0236. The van der Waals surface area contributed by atoms with Gasteiger partial charge in [-0.25, -0.2) is 9.18 Å². The standard InChI is InChI=1S/C26H23FN2O4/c1-15(2)32-18-4-6-20-21(13-25(30)33-24(20)12-18)26(31)29-9-7-16(8-10-29)22-14-28-23-11-17(27)3-5-19(22)23/h3-7,11-15,28H,8-10H2,1-2H3. The number of nitrogens with one attached hydrogen (secondary N) is 1. The van der Waals surface area contributed by atoms with Gasteiger partial charge in [-0.2, -0.15) is 0 Å².